The second kappa shape index (κ2) is 4.03. The number of carbonyl (C=O) groups is 1. The fourth-order valence-corrected chi connectivity index (χ4v) is 1.96. The van der Waals surface area contributed by atoms with Gasteiger partial charge >= 0.3 is 0 Å². The molecule has 0 fully saturated rings. The Morgan fingerprint density at radius 2 is 2.33 bits per heavy atom. The minimum absolute atomic E-state index is 0.00965. The SMILES string of the molecule is CN1CCC2=C(C=C(CO)C=CC2)C1=O. The molecule has 3 heteroatoms. The van der Waals surface area contributed by atoms with Gasteiger partial charge in [-0.05, 0) is 24.5 Å². The number of rotatable bonds is 1. The Kier molecular flexibility index (Phi) is 2.73. The van der Waals surface area contributed by atoms with E-state index in [4.69, 9.17) is 5.11 Å². The normalized spacial score (nSPS) is 21.3. The topological polar surface area (TPSA) is 40.5 Å². The van der Waals surface area contributed by atoms with E-state index in [9.17, 15) is 4.79 Å². The van der Waals surface area contributed by atoms with Crippen LogP contribution in [0.25, 0.3) is 0 Å². The van der Waals surface area contributed by atoms with Crippen molar-refractivity contribution in [1.82, 2.24) is 4.90 Å². The van der Waals surface area contributed by atoms with E-state index in [-0.39, 0.29) is 12.5 Å². The lowest BCUT2D eigenvalue weighted by Gasteiger charge is -2.25. The van der Waals surface area contributed by atoms with Gasteiger partial charge in [0.15, 0.2) is 0 Å². The number of likely N-dealkylation sites (N-methyl/N-ethyl adjacent to an activating group) is 1. The molecule has 0 aromatic heterocycles. The van der Waals surface area contributed by atoms with Crippen LogP contribution in [0, 0.1) is 0 Å². The summed E-state index contributed by atoms with van der Waals surface area (Å²) >= 11 is 0. The number of aliphatic hydroxyl groups is 1. The zero-order valence-corrected chi connectivity index (χ0v) is 8.86. The summed E-state index contributed by atoms with van der Waals surface area (Å²) in [5.74, 6) is 0.0749. The Bertz CT molecular complexity index is 377. The van der Waals surface area contributed by atoms with Crippen LogP contribution in [0.2, 0.25) is 0 Å². The molecule has 0 unspecified atom stereocenters. The molecule has 1 N–H and O–H groups in total. The fraction of sp³-hybridized carbons (Fsp3) is 0.417. The summed E-state index contributed by atoms with van der Waals surface area (Å²) in [6, 6.07) is 0. The van der Waals surface area contributed by atoms with Gasteiger partial charge in [0.25, 0.3) is 5.91 Å². The quantitative estimate of drug-likeness (QED) is 0.694. The van der Waals surface area contributed by atoms with Crippen molar-refractivity contribution in [3.63, 3.8) is 0 Å². The van der Waals surface area contributed by atoms with Gasteiger partial charge in [-0.3, -0.25) is 4.79 Å². The first-order valence-corrected chi connectivity index (χ1v) is 5.18. The Balaban J connectivity index is 2.40. The Morgan fingerprint density at radius 3 is 3.07 bits per heavy atom. The van der Waals surface area contributed by atoms with Crippen molar-refractivity contribution in [3.8, 4) is 0 Å². The third-order valence-corrected chi connectivity index (χ3v) is 2.92. The first-order chi connectivity index (χ1) is 7.22. The lowest BCUT2D eigenvalue weighted by atomic mass is 9.97. The molecule has 2 aliphatic rings. The van der Waals surface area contributed by atoms with Crippen molar-refractivity contribution in [2.75, 3.05) is 20.2 Å². The maximum atomic E-state index is 11.9. The van der Waals surface area contributed by atoms with E-state index < -0.39 is 0 Å². The lowest BCUT2D eigenvalue weighted by Crippen LogP contribution is -2.33. The molecule has 0 saturated heterocycles. The van der Waals surface area contributed by atoms with Crippen molar-refractivity contribution in [2.24, 2.45) is 0 Å². The van der Waals surface area contributed by atoms with Gasteiger partial charge in [-0.15, -0.1) is 0 Å². The molecule has 1 amide bonds. The molecule has 1 aliphatic carbocycles. The molecule has 3 nitrogen and oxygen atoms in total. The molecule has 0 spiro atoms. The van der Waals surface area contributed by atoms with Gasteiger partial charge < -0.3 is 10.0 Å². The molecule has 80 valence electrons. The molecular weight excluding hydrogens is 190 g/mol. The fourth-order valence-electron chi connectivity index (χ4n) is 1.96. The van der Waals surface area contributed by atoms with Crippen LogP contribution in [-0.4, -0.2) is 36.1 Å². The van der Waals surface area contributed by atoms with Crippen LogP contribution in [0.1, 0.15) is 12.8 Å². The van der Waals surface area contributed by atoms with Crippen LogP contribution in [0.15, 0.2) is 34.9 Å². The van der Waals surface area contributed by atoms with E-state index in [0.29, 0.717) is 0 Å². The average Bonchev–Trinajstić information content (AvgIpc) is 2.45. The molecule has 0 atom stereocenters. The molecule has 1 heterocycles. The molecule has 0 saturated carbocycles. The second-order valence-electron chi connectivity index (χ2n) is 3.98. The van der Waals surface area contributed by atoms with Gasteiger partial charge in [0.1, 0.15) is 0 Å². The number of hydrogen-bond donors (Lipinski definition) is 1. The summed E-state index contributed by atoms with van der Waals surface area (Å²) in [7, 11) is 1.82. The summed E-state index contributed by atoms with van der Waals surface area (Å²) in [6.45, 7) is 0.790. The summed E-state index contributed by atoms with van der Waals surface area (Å²) < 4.78 is 0. The Hall–Kier alpha value is -1.35. The highest BCUT2D eigenvalue weighted by molar-refractivity contribution is 5.98. The average molecular weight is 205 g/mol. The van der Waals surface area contributed by atoms with E-state index in [1.54, 1.807) is 4.90 Å². The monoisotopic (exact) mass is 205 g/mol. The lowest BCUT2D eigenvalue weighted by molar-refractivity contribution is -0.126. The van der Waals surface area contributed by atoms with Crippen LogP contribution in [-0.2, 0) is 4.79 Å². The van der Waals surface area contributed by atoms with Gasteiger partial charge in [-0.2, -0.15) is 0 Å². The second-order valence-corrected chi connectivity index (χ2v) is 3.98. The van der Waals surface area contributed by atoms with Crippen LogP contribution < -0.4 is 0 Å². The van der Waals surface area contributed by atoms with Crippen LogP contribution in [0.4, 0.5) is 0 Å². The molecule has 2 rings (SSSR count). The third-order valence-electron chi connectivity index (χ3n) is 2.92. The number of amides is 1. The van der Waals surface area contributed by atoms with Gasteiger partial charge in [0.2, 0.25) is 0 Å². The third kappa shape index (κ3) is 1.88. The zero-order valence-electron chi connectivity index (χ0n) is 8.86. The first kappa shape index (κ1) is 10.2. The van der Waals surface area contributed by atoms with Crippen molar-refractivity contribution in [3.05, 3.63) is 34.9 Å². The van der Waals surface area contributed by atoms with Crippen LogP contribution in [0.3, 0.4) is 0 Å². The summed E-state index contributed by atoms with van der Waals surface area (Å²) in [5, 5.41) is 9.09. The molecule has 0 radical (unpaired) electrons. The highest BCUT2D eigenvalue weighted by Gasteiger charge is 2.23. The summed E-state index contributed by atoms with van der Waals surface area (Å²) in [4.78, 5) is 13.6. The highest BCUT2D eigenvalue weighted by atomic mass is 16.3. The van der Waals surface area contributed by atoms with Gasteiger partial charge in [-0.25, -0.2) is 0 Å². The van der Waals surface area contributed by atoms with Gasteiger partial charge in [-0.1, -0.05) is 17.7 Å². The maximum Gasteiger partial charge on any atom is 0.253 e. The van der Waals surface area contributed by atoms with E-state index in [2.05, 4.69) is 0 Å². The predicted molar refractivity (Wildman–Crippen MR) is 58.2 cm³/mol. The van der Waals surface area contributed by atoms with Crippen molar-refractivity contribution < 1.29 is 9.90 Å². The predicted octanol–water partition coefficient (Wildman–Crippen LogP) is 1.02. The Labute approximate surface area is 89.4 Å². The molecule has 1 aliphatic heterocycles. The van der Waals surface area contributed by atoms with Crippen LogP contribution in [0.5, 0.6) is 0 Å². The smallest absolute Gasteiger partial charge is 0.253 e. The summed E-state index contributed by atoms with van der Waals surface area (Å²) in [5.41, 5.74) is 2.78. The van der Waals surface area contributed by atoms with Gasteiger partial charge in [0, 0.05) is 19.2 Å². The number of allylic oxidation sites excluding steroid dienone is 1. The molecule has 0 aromatic rings. The Morgan fingerprint density at radius 1 is 1.53 bits per heavy atom. The van der Waals surface area contributed by atoms with E-state index >= 15 is 0 Å². The highest BCUT2D eigenvalue weighted by Crippen LogP contribution is 2.26. The van der Waals surface area contributed by atoms with E-state index in [0.717, 1.165) is 30.5 Å². The van der Waals surface area contributed by atoms with Crippen molar-refractivity contribution in [1.29, 1.82) is 0 Å². The molecule has 15 heavy (non-hydrogen) atoms. The summed E-state index contributed by atoms with van der Waals surface area (Å²) in [6.07, 6.45) is 7.50. The van der Waals surface area contributed by atoms with Crippen molar-refractivity contribution >= 4 is 5.91 Å². The van der Waals surface area contributed by atoms with E-state index in [1.807, 2.05) is 25.3 Å². The van der Waals surface area contributed by atoms with Crippen LogP contribution >= 0.6 is 0 Å². The molecule has 0 bridgehead atoms. The number of carbonyl (C=O) groups excluding carboxylic acids is 1. The van der Waals surface area contributed by atoms with E-state index in [1.165, 1.54) is 5.57 Å². The molecular formula is C12H15NO2. The molecule has 0 aromatic carbocycles. The standard InChI is InChI=1S/C12H15NO2/c1-13-6-5-10-4-2-3-9(8-14)7-11(10)12(13)15/h2-3,7,14H,4-6,8H2,1H3. The number of hydrogen-bond acceptors (Lipinski definition) is 2. The largest absolute Gasteiger partial charge is 0.392 e. The zero-order chi connectivity index (χ0) is 10.8. The van der Waals surface area contributed by atoms with Gasteiger partial charge in [0.05, 0.1) is 6.61 Å². The van der Waals surface area contributed by atoms with Crippen molar-refractivity contribution in [2.45, 2.75) is 12.8 Å². The number of nitrogens with zero attached hydrogens (tertiary/aromatic N) is 1. The minimum atomic E-state index is -0.00965. The minimum Gasteiger partial charge on any atom is -0.392 e. The first-order valence-electron chi connectivity index (χ1n) is 5.18. The number of aliphatic hydroxyl groups excluding tert-OH is 1. The maximum absolute atomic E-state index is 11.9.